The van der Waals surface area contributed by atoms with Gasteiger partial charge in [0.25, 0.3) is 5.56 Å². The smallest absolute Gasteiger partial charge is 0.335 e. The number of halogens is 1. The highest BCUT2D eigenvalue weighted by Gasteiger charge is 2.29. The van der Waals surface area contributed by atoms with E-state index in [1.54, 1.807) is 24.3 Å². The second-order valence-corrected chi connectivity index (χ2v) is 8.99. The number of aliphatic hydroxyl groups is 2. The number of hydrogen-bond donors (Lipinski definition) is 5. The van der Waals surface area contributed by atoms with Crippen molar-refractivity contribution in [2.45, 2.75) is 31.6 Å². The van der Waals surface area contributed by atoms with Gasteiger partial charge < -0.3 is 35.8 Å². The molecule has 0 aliphatic carbocycles. The number of ketones is 1. The molecule has 2 unspecified atom stereocenters. The van der Waals surface area contributed by atoms with Crippen molar-refractivity contribution in [3.63, 3.8) is 0 Å². The van der Waals surface area contributed by atoms with Crippen LogP contribution in [-0.2, 0) is 16.1 Å². The maximum atomic E-state index is 13.0. The van der Waals surface area contributed by atoms with E-state index in [0.29, 0.717) is 42.4 Å². The van der Waals surface area contributed by atoms with E-state index >= 15 is 0 Å². The molecule has 0 spiro atoms. The number of likely N-dealkylation sites (tertiary alicyclic amines) is 1. The third-order valence-corrected chi connectivity index (χ3v) is 6.42. The lowest BCUT2D eigenvalue weighted by molar-refractivity contribution is -0.165. The molecule has 0 bridgehead atoms. The van der Waals surface area contributed by atoms with Crippen LogP contribution in [0.4, 0.5) is 4.39 Å². The first-order chi connectivity index (χ1) is 18.5. The van der Waals surface area contributed by atoms with Crippen molar-refractivity contribution in [3.05, 3.63) is 80.7 Å². The van der Waals surface area contributed by atoms with Crippen molar-refractivity contribution in [2.75, 3.05) is 19.6 Å². The van der Waals surface area contributed by atoms with Crippen molar-refractivity contribution in [3.8, 4) is 0 Å². The van der Waals surface area contributed by atoms with E-state index < -0.39 is 29.8 Å². The Morgan fingerprint density at radius 3 is 2.00 bits per heavy atom. The minimum atomic E-state index is -2.27. The number of aromatic nitrogens is 2. The summed E-state index contributed by atoms with van der Waals surface area (Å²) in [5.74, 6) is -3.92. The molecule has 1 saturated heterocycles. The minimum Gasteiger partial charge on any atom is -0.479 e. The van der Waals surface area contributed by atoms with Crippen LogP contribution in [0.25, 0.3) is 10.9 Å². The maximum Gasteiger partial charge on any atom is 0.335 e. The Balaban J connectivity index is 0.000000439. The van der Waals surface area contributed by atoms with Gasteiger partial charge in [-0.2, -0.15) is 0 Å². The summed E-state index contributed by atoms with van der Waals surface area (Å²) in [6, 6.07) is 12.6. The fraction of sp³-hybridized carbons (Fsp3) is 0.346. The number of aromatic amines is 1. The Morgan fingerprint density at radius 2 is 1.45 bits per heavy atom. The molecule has 1 aliphatic heterocycles. The van der Waals surface area contributed by atoms with Crippen molar-refractivity contribution in [1.82, 2.24) is 14.5 Å². The first-order valence-corrected chi connectivity index (χ1v) is 12.0. The van der Waals surface area contributed by atoms with Gasteiger partial charge in [-0.1, -0.05) is 12.1 Å². The number of carbonyl (C=O) groups is 3. The highest BCUT2D eigenvalue weighted by Crippen LogP contribution is 2.22. The lowest BCUT2D eigenvalue weighted by Crippen LogP contribution is -2.42. The van der Waals surface area contributed by atoms with Gasteiger partial charge in [0.15, 0.2) is 18.0 Å². The van der Waals surface area contributed by atoms with Crippen LogP contribution in [0.1, 0.15) is 23.2 Å². The lowest BCUT2D eigenvalue weighted by Gasteiger charge is -2.31. The summed E-state index contributed by atoms with van der Waals surface area (Å²) in [6.45, 7) is 2.31. The van der Waals surface area contributed by atoms with Gasteiger partial charge in [0.1, 0.15) is 5.82 Å². The molecule has 0 saturated carbocycles. The Kier molecular flexibility index (Phi) is 11.4. The lowest BCUT2D eigenvalue weighted by atomic mass is 9.89. The molecule has 0 radical (unpaired) electrons. The Labute approximate surface area is 226 Å². The molecule has 1 aromatic heterocycles. The molecule has 2 aromatic carbocycles. The van der Waals surface area contributed by atoms with Crippen LogP contribution in [-0.4, -0.2) is 89.9 Å². The van der Waals surface area contributed by atoms with E-state index in [2.05, 4.69) is 9.88 Å². The first-order valence-electron chi connectivity index (χ1n) is 12.0. The number of nitrogens with one attached hydrogen (secondary N) is 1. The van der Waals surface area contributed by atoms with Gasteiger partial charge in [-0.05, 0) is 62.3 Å². The van der Waals surface area contributed by atoms with Crippen LogP contribution >= 0.6 is 0 Å². The molecular formula is C26H30FN3O10. The number of fused-ring (bicyclic) bond motifs is 1. The molecule has 7 N–H and O–H groups in total. The van der Waals surface area contributed by atoms with Crippen LogP contribution in [0.15, 0.2) is 58.1 Å². The molecule has 0 amide bonds. The fourth-order valence-corrected chi connectivity index (χ4v) is 4.18. The first kappa shape index (κ1) is 32.0. The number of rotatable bonds is 8. The Morgan fingerprint density at radius 1 is 0.900 bits per heavy atom. The van der Waals surface area contributed by atoms with Gasteiger partial charge in [-0.15, -0.1) is 0 Å². The van der Waals surface area contributed by atoms with E-state index in [-0.39, 0.29) is 28.6 Å². The van der Waals surface area contributed by atoms with Crippen LogP contribution in [0.3, 0.4) is 0 Å². The number of aliphatic carboxylic acids is 2. The number of benzene rings is 2. The van der Waals surface area contributed by atoms with Gasteiger partial charge in [-0.3, -0.25) is 14.2 Å². The summed E-state index contributed by atoms with van der Waals surface area (Å²) < 4.78 is 14.3. The number of carbonyl (C=O) groups excluding carboxylic acids is 1. The third kappa shape index (κ3) is 7.89. The number of carboxylic acid groups (broad SMARTS) is 2. The number of hydrogen-bond acceptors (Lipinski definition) is 8. The summed E-state index contributed by atoms with van der Waals surface area (Å²) in [5.41, 5.74) is 0.388. The van der Waals surface area contributed by atoms with Crippen LogP contribution in [0.5, 0.6) is 0 Å². The summed E-state index contributed by atoms with van der Waals surface area (Å²) in [5, 5.41) is 33.0. The van der Waals surface area contributed by atoms with E-state index in [1.807, 2.05) is 0 Å². The fourth-order valence-electron chi connectivity index (χ4n) is 4.18. The second kappa shape index (κ2) is 14.2. The maximum absolute atomic E-state index is 13.0. The molecule has 14 heteroatoms. The minimum absolute atomic E-state index is 0. The predicted molar refractivity (Wildman–Crippen MR) is 140 cm³/mol. The molecule has 4 rings (SSSR count). The van der Waals surface area contributed by atoms with Gasteiger partial charge in [0.2, 0.25) is 0 Å². The molecule has 2 heterocycles. The largest absolute Gasteiger partial charge is 0.479 e. The van der Waals surface area contributed by atoms with E-state index in [4.69, 9.17) is 20.4 Å². The van der Waals surface area contributed by atoms with Gasteiger partial charge >= 0.3 is 17.6 Å². The molecule has 13 nitrogen and oxygen atoms in total. The van der Waals surface area contributed by atoms with Crippen LogP contribution < -0.4 is 11.2 Å². The monoisotopic (exact) mass is 563 g/mol. The predicted octanol–water partition coefficient (Wildman–Crippen LogP) is -0.523. The molecular weight excluding hydrogens is 533 g/mol. The van der Waals surface area contributed by atoms with Gasteiger partial charge in [0, 0.05) is 24.6 Å². The van der Waals surface area contributed by atoms with Crippen molar-refractivity contribution < 1.29 is 44.7 Å². The number of aliphatic hydroxyl groups excluding tert-OH is 2. The number of para-hydroxylation sites is 1. The summed E-state index contributed by atoms with van der Waals surface area (Å²) in [6.07, 6.45) is -3.12. The summed E-state index contributed by atoms with van der Waals surface area (Å²) in [4.78, 5) is 61.9. The zero-order chi connectivity index (χ0) is 28.7. The average molecular weight is 564 g/mol. The molecule has 1 fully saturated rings. The SMILES string of the molecule is O.O=C(O)C(O)C(O)C(=O)O.O=C(c1ccc(F)cc1)C1CCN(CCn2c(=O)[nH]c3ccccc3c2=O)CC1. The number of H-pyrrole nitrogens is 1. The highest BCUT2D eigenvalue weighted by atomic mass is 19.1. The number of nitrogens with zero attached hydrogens (tertiary/aromatic N) is 2. The summed E-state index contributed by atoms with van der Waals surface area (Å²) >= 11 is 0. The molecule has 2 atom stereocenters. The normalized spacial score (nSPS) is 15.3. The van der Waals surface area contributed by atoms with E-state index in [9.17, 15) is 28.4 Å². The Hall–Kier alpha value is -4.24. The number of carboxylic acids is 2. The van der Waals surface area contributed by atoms with E-state index in [1.165, 1.54) is 28.8 Å². The second-order valence-electron chi connectivity index (χ2n) is 8.99. The quantitative estimate of drug-likeness (QED) is 0.221. The molecule has 216 valence electrons. The number of Topliss-reactive ketones (excluding diaryl/α,β-unsaturated/α-hetero) is 1. The molecule has 1 aliphatic rings. The highest BCUT2D eigenvalue weighted by molar-refractivity contribution is 5.97. The van der Waals surface area contributed by atoms with Crippen molar-refractivity contribution in [1.29, 1.82) is 0 Å². The van der Waals surface area contributed by atoms with Crippen molar-refractivity contribution in [2.24, 2.45) is 5.92 Å². The molecule has 3 aromatic rings. The van der Waals surface area contributed by atoms with Crippen LogP contribution in [0, 0.1) is 11.7 Å². The summed E-state index contributed by atoms with van der Waals surface area (Å²) in [7, 11) is 0. The Bertz CT molecular complexity index is 1430. The zero-order valence-corrected chi connectivity index (χ0v) is 21.2. The van der Waals surface area contributed by atoms with Crippen LogP contribution in [0.2, 0.25) is 0 Å². The standard InChI is InChI=1S/C22H22FN3O3.C4H6O6.H2O/c23-17-7-5-15(6-8-17)20(27)16-9-11-25(12-10-16)13-14-26-21(28)18-3-1-2-4-19(18)24-22(26)29;5-1(3(7)8)2(6)4(9)10;/h1-8,16H,9-14H2,(H,24,29);1-2,5-6H,(H,7,8)(H,9,10);1H2. The van der Waals surface area contributed by atoms with Gasteiger partial charge in [-0.25, -0.2) is 18.8 Å². The average Bonchev–Trinajstić information content (AvgIpc) is 2.92. The number of piperidine rings is 1. The zero-order valence-electron chi connectivity index (χ0n) is 21.2. The van der Waals surface area contributed by atoms with Gasteiger partial charge in [0.05, 0.1) is 10.9 Å². The topological polar surface area (TPSA) is 222 Å². The van der Waals surface area contributed by atoms with Crippen molar-refractivity contribution >= 4 is 28.6 Å². The van der Waals surface area contributed by atoms with E-state index in [0.717, 1.165) is 13.1 Å². The molecule has 40 heavy (non-hydrogen) atoms. The third-order valence-electron chi connectivity index (χ3n) is 6.42.